The number of carbonyl (C=O) groups excluding carboxylic acids is 1. The van der Waals surface area contributed by atoms with Gasteiger partial charge in [-0.15, -0.1) is 0 Å². The first-order valence-corrected chi connectivity index (χ1v) is 8.91. The van der Waals surface area contributed by atoms with Gasteiger partial charge in [-0.3, -0.25) is 4.79 Å². The molecule has 0 aromatic rings. The van der Waals surface area contributed by atoms with E-state index in [9.17, 15) is 25.2 Å². The van der Waals surface area contributed by atoms with Crippen molar-refractivity contribution in [3.63, 3.8) is 0 Å². The first kappa shape index (κ1) is 23.3. The zero-order valence-corrected chi connectivity index (χ0v) is 16.0. The van der Waals surface area contributed by atoms with Crippen molar-refractivity contribution in [2.75, 3.05) is 27.4 Å². The minimum absolute atomic E-state index is 0.464. The van der Waals surface area contributed by atoms with Gasteiger partial charge in [0, 0.05) is 21.1 Å². The molecule has 0 saturated carbocycles. The summed E-state index contributed by atoms with van der Waals surface area (Å²) in [7, 11) is 2.67. The number of hydrogen-bond acceptors (Lipinski definition) is 11. The molecule has 2 fully saturated rings. The number of hydrogen-bond donors (Lipinski definition) is 6. The van der Waals surface area contributed by atoms with Crippen LogP contribution in [-0.4, -0.2) is 115 Å². The lowest BCUT2D eigenvalue weighted by Crippen LogP contribution is -2.68. The van der Waals surface area contributed by atoms with E-state index in [1.165, 1.54) is 21.1 Å². The number of carbonyl (C=O) groups is 1. The normalized spacial score (nSPS) is 44.3. The number of aliphatic hydroxyl groups excluding tert-OH is 4. The average Bonchev–Trinajstić information content (AvgIpc) is 2.67. The maximum Gasteiger partial charge on any atom is 0.217 e. The Labute approximate surface area is 162 Å². The number of rotatable bonds is 7. The molecule has 2 aliphatic heterocycles. The third-order valence-electron chi connectivity index (χ3n) is 4.92. The van der Waals surface area contributed by atoms with Gasteiger partial charge in [-0.2, -0.15) is 0 Å². The van der Waals surface area contributed by atoms with Gasteiger partial charge in [0.25, 0.3) is 0 Å². The number of nitrogens with one attached hydrogen (secondary N) is 1. The summed E-state index contributed by atoms with van der Waals surface area (Å²) < 4.78 is 27.2. The van der Waals surface area contributed by atoms with Crippen LogP contribution >= 0.6 is 0 Å². The molecule has 164 valence electrons. The Morgan fingerprint density at radius 2 is 1.57 bits per heavy atom. The number of methoxy groups -OCH3 is 2. The van der Waals surface area contributed by atoms with E-state index >= 15 is 0 Å². The fourth-order valence-electron chi connectivity index (χ4n) is 3.49. The molecule has 10 atom stereocenters. The number of nitrogens with two attached hydrogens (primary N) is 1. The van der Waals surface area contributed by atoms with E-state index in [4.69, 9.17) is 29.4 Å². The molecule has 0 radical (unpaired) electrons. The average molecular weight is 410 g/mol. The second kappa shape index (κ2) is 10.2. The molecule has 2 heterocycles. The Hall–Kier alpha value is -0.930. The molecule has 0 spiro atoms. The van der Waals surface area contributed by atoms with Gasteiger partial charge in [0.2, 0.25) is 5.91 Å². The fourth-order valence-corrected chi connectivity index (χ4v) is 3.49. The van der Waals surface area contributed by atoms with Crippen molar-refractivity contribution in [1.82, 2.24) is 5.32 Å². The Morgan fingerprint density at radius 1 is 1.00 bits per heavy atom. The van der Waals surface area contributed by atoms with E-state index in [1.807, 2.05) is 0 Å². The molecule has 0 aromatic heterocycles. The van der Waals surface area contributed by atoms with Crippen molar-refractivity contribution >= 4 is 5.91 Å². The second-order valence-electron chi connectivity index (χ2n) is 6.77. The minimum Gasteiger partial charge on any atom is -0.394 e. The third-order valence-corrected chi connectivity index (χ3v) is 4.92. The first-order chi connectivity index (χ1) is 13.3. The molecular formula is C16H30N2O10. The lowest BCUT2D eigenvalue weighted by Gasteiger charge is -2.47. The maximum atomic E-state index is 11.6. The van der Waals surface area contributed by atoms with Crippen molar-refractivity contribution < 1.29 is 48.9 Å². The van der Waals surface area contributed by atoms with Crippen molar-refractivity contribution in [3.8, 4) is 0 Å². The summed E-state index contributed by atoms with van der Waals surface area (Å²) in [4.78, 5) is 11.6. The monoisotopic (exact) mass is 410 g/mol. The minimum atomic E-state index is -1.30. The van der Waals surface area contributed by atoms with Gasteiger partial charge in [-0.25, -0.2) is 0 Å². The zero-order chi connectivity index (χ0) is 21.0. The predicted octanol–water partition coefficient (Wildman–Crippen LogP) is -3.98. The van der Waals surface area contributed by atoms with E-state index in [2.05, 4.69) is 5.32 Å². The maximum absolute atomic E-state index is 11.6. The molecule has 28 heavy (non-hydrogen) atoms. The van der Waals surface area contributed by atoms with Gasteiger partial charge in [-0.1, -0.05) is 0 Å². The Kier molecular flexibility index (Phi) is 8.51. The van der Waals surface area contributed by atoms with Crippen LogP contribution in [0.15, 0.2) is 0 Å². The second-order valence-corrected chi connectivity index (χ2v) is 6.77. The number of ether oxygens (including phenoxy) is 5. The molecule has 7 N–H and O–H groups in total. The molecule has 0 aromatic carbocycles. The number of amides is 1. The van der Waals surface area contributed by atoms with Crippen LogP contribution in [-0.2, 0) is 28.5 Å². The summed E-state index contributed by atoms with van der Waals surface area (Å²) in [6, 6.07) is -2.06. The van der Waals surface area contributed by atoms with Gasteiger partial charge in [-0.05, 0) is 0 Å². The van der Waals surface area contributed by atoms with Crippen molar-refractivity contribution in [3.05, 3.63) is 0 Å². The molecule has 2 aliphatic rings. The largest absolute Gasteiger partial charge is 0.394 e. The lowest BCUT2D eigenvalue weighted by molar-refractivity contribution is -0.329. The third kappa shape index (κ3) is 4.79. The van der Waals surface area contributed by atoms with E-state index in [0.717, 1.165) is 0 Å². The molecule has 12 nitrogen and oxygen atoms in total. The van der Waals surface area contributed by atoms with Crippen LogP contribution < -0.4 is 11.1 Å². The Balaban J connectivity index is 2.25. The fraction of sp³-hybridized carbons (Fsp3) is 0.938. The number of aliphatic hydroxyl groups is 4. The van der Waals surface area contributed by atoms with Crippen LogP contribution in [0.1, 0.15) is 6.92 Å². The van der Waals surface area contributed by atoms with Gasteiger partial charge in [0.1, 0.15) is 42.7 Å². The van der Waals surface area contributed by atoms with Crippen LogP contribution in [0, 0.1) is 0 Å². The molecule has 12 heteroatoms. The predicted molar refractivity (Wildman–Crippen MR) is 91.8 cm³/mol. The van der Waals surface area contributed by atoms with Crippen molar-refractivity contribution in [1.29, 1.82) is 0 Å². The standard InChI is InChI=1S/C16H30N2O10/c1-6(21)18-10-12(23)13(24-2)7(4-19)27-16(10)28-14-8(5-20)26-15(25-3)9(17)11(14)22/h7-16,19-20,22-23H,4-5,17H2,1-3H3,(H,18,21)/t7-,8+,9-,10+,11?,12?,13?,14?,15?,16?/m0/s1. The highest BCUT2D eigenvalue weighted by Crippen LogP contribution is 2.29. The van der Waals surface area contributed by atoms with Gasteiger partial charge < -0.3 is 55.2 Å². The Bertz CT molecular complexity index is 510. The summed E-state index contributed by atoms with van der Waals surface area (Å²) in [5.41, 5.74) is 5.90. The highest BCUT2D eigenvalue weighted by molar-refractivity contribution is 5.73. The first-order valence-electron chi connectivity index (χ1n) is 8.91. The lowest BCUT2D eigenvalue weighted by atomic mass is 9.95. The van der Waals surface area contributed by atoms with Crippen LogP contribution in [0.5, 0.6) is 0 Å². The molecule has 0 bridgehead atoms. The quantitative estimate of drug-likeness (QED) is 0.241. The molecule has 0 aliphatic carbocycles. The van der Waals surface area contributed by atoms with Gasteiger partial charge in [0.05, 0.1) is 19.3 Å². The van der Waals surface area contributed by atoms with Crippen molar-refractivity contribution in [2.24, 2.45) is 5.73 Å². The summed E-state index contributed by atoms with van der Waals surface area (Å²) in [5.74, 6) is -0.464. The molecule has 1 amide bonds. The van der Waals surface area contributed by atoms with E-state index in [0.29, 0.717) is 0 Å². The summed E-state index contributed by atoms with van der Waals surface area (Å²) in [5, 5.41) is 42.8. The topological polar surface area (TPSA) is 182 Å². The van der Waals surface area contributed by atoms with Gasteiger partial charge >= 0.3 is 0 Å². The van der Waals surface area contributed by atoms with E-state index in [-0.39, 0.29) is 0 Å². The van der Waals surface area contributed by atoms with Crippen molar-refractivity contribution in [2.45, 2.75) is 68.2 Å². The molecule has 6 unspecified atom stereocenters. The molecule has 2 saturated heterocycles. The molecular weight excluding hydrogens is 380 g/mol. The Morgan fingerprint density at radius 3 is 2.07 bits per heavy atom. The highest BCUT2D eigenvalue weighted by atomic mass is 16.7. The zero-order valence-electron chi connectivity index (χ0n) is 16.0. The van der Waals surface area contributed by atoms with Crippen LogP contribution in [0.3, 0.4) is 0 Å². The summed E-state index contributed by atoms with van der Waals surface area (Å²) >= 11 is 0. The van der Waals surface area contributed by atoms with Crippen LogP contribution in [0.25, 0.3) is 0 Å². The van der Waals surface area contributed by atoms with Crippen LogP contribution in [0.2, 0.25) is 0 Å². The summed E-state index contributed by atoms with van der Waals surface area (Å²) in [6.45, 7) is 0.247. The van der Waals surface area contributed by atoms with E-state index in [1.54, 1.807) is 0 Å². The SMILES string of the molecule is COC1O[C@H](CO)C(OC2O[C@@H](CO)C(OC)C(O)[C@H]2NC(C)=O)C(O)[C@@H]1N. The smallest absolute Gasteiger partial charge is 0.217 e. The molecule has 2 rings (SSSR count). The highest BCUT2D eigenvalue weighted by Gasteiger charge is 2.51. The van der Waals surface area contributed by atoms with Gasteiger partial charge in [0.15, 0.2) is 12.6 Å². The summed E-state index contributed by atoms with van der Waals surface area (Å²) in [6.07, 6.45) is -8.87. The van der Waals surface area contributed by atoms with Crippen LogP contribution in [0.4, 0.5) is 0 Å². The van der Waals surface area contributed by atoms with E-state index < -0.39 is 80.4 Å².